The minimum absolute atomic E-state index is 0.116. The van der Waals surface area contributed by atoms with Gasteiger partial charge in [0.25, 0.3) is 10.0 Å². The molecule has 0 heterocycles. The van der Waals surface area contributed by atoms with E-state index in [1.165, 1.54) is 19.3 Å². The van der Waals surface area contributed by atoms with Gasteiger partial charge in [0, 0.05) is 17.9 Å². The van der Waals surface area contributed by atoms with E-state index < -0.39 is 16.1 Å². The predicted molar refractivity (Wildman–Crippen MR) is 127 cm³/mol. The van der Waals surface area contributed by atoms with E-state index in [1.54, 1.807) is 48.5 Å². The number of nitrogens with one attached hydrogen (secondary N) is 4. The number of carbonyl (C=O) groups excluding carboxylic acids is 2. The molecule has 0 spiro atoms. The highest BCUT2D eigenvalue weighted by molar-refractivity contribution is 7.92. The number of rotatable bonds is 12. The van der Waals surface area contributed by atoms with E-state index in [1.807, 2.05) is 6.92 Å². The molecule has 0 unspecified atom stereocenters. The fourth-order valence-electron chi connectivity index (χ4n) is 2.91. The Bertz CT molecular complexity index is 974. The fourth-order valence-corrected chi connectivity index (χ4v) is 3.97. The van der Waals surface area contributed by atoms with Crippen LogP contribution in [0.1, 0.15) is 44.6 Å². The topological polar surface area (TPSA) is 116 Å². The number of hydrogen-bond acceptors (Lipinski definition) is 4. The normalized spacial score (nSPS) is 10.9. The summed E-state index contributed by atoms with van der Waals surface area (Å²) in [6.07, 6.45) is 5.56. The molecule has 8 nitrogen and oxygen atoms in total. The van der Waals surface area contributed by atoms with Crippen molar-refractivity contribution in [1.82, 2.24) is 10.6 Å². The van der Waals surface area contributed by atoms with E-state index in [-0.39, 0.29) is 17.3 Å². The average molecular weight is 461 g/mol. The molecule has 174 valence electrons. The maximum atomic E-state index is 12.4. The minimum Gasteiger partial charge on any atom is -0.355 e. The molecule has 9 heteroatoms. The molecule has 0 fully saturated rings. The lowest BCUT2D eigenvalue weighted by Gasteiger charge is -2.11. The Hall–Kier alpha value is -3.07. The zero-order chi connectivity index (χ0) is 23.4. The van der Waals surface area contributed by atoms with Crippen LogP contribution >= 0.6 is 0 Å². The first kappa shape index (κ1) is 25.2. The second-order valence-corrected chi connectivity index (χ2v) is 9.25. The molecular weight excluding hydrogens is 428 g/mol. The van der Waals surface area contributed by atoms with Gasteiger partial charge in [-0.15, -0.1) is 0 Å². The summed E-state index contributed by atoms with van der Waals surface area (Å²) >= 11 is 0. The molecule has 4 N–H and O–H groups in total. The van der Waals surface area contributed by atoms with E-state index in [0.717, 1.165) is 18.4 Å². The zero-order valence-corrected chi connectivity index (χ0v) is 19.4. The van der Waals surface area contributed by atoms with Crippen LogP contribution in [-0.4, -0.2) is 33.4 Å². The molecular formula is C23H32N4O4S. The molecule has 0 radical (unpaired) electrons. The molecule has 2 rings (SSSR count). The van der Waals surface area contributed by atoms with Crippen molar-refractivity contribution in [3.8, 4) is 0 Å². The highest BCUT2D eigenvalue weighted by atomic mass is 32.2. The lowest BCUT2D eigenvalue weighted by atomic mass is 10.1. The van der Waals surface area contributed by atoms with Gasteiger partial charge in [0.05, 0.1) is 11.4 Å². The van der Waals surface area contributed by atoms with Crippen LogP contribution in [0.3, 0.4) is 0 Å². The number of unbranched alkanes of at least 4 members (excludes halogenated alkanes) is 4. The standard InChI is InChI=1S/C23H32N4O4S/c1-3-4-5-6-7-16-24-22(28)17-25-23(29)26-19-10-12-20(13-11-19)27-32(30,31)21-14-8-18(2)9-15-21/h8-15,27H,3-7,16-17H2,1-2H3,(H,24,28)(H2,25,26,29). The molecule has 0 aliphatic carbocycles. The number of amides is 3. The van der Waals surface area contributed by atoms with Crippen molar-refractivity contribution < 1.29 is 18.0 Å². The second-order valence-electron chi connectivity index (χ2n) is 7.57. The third kappa shape index (κ3) is 8.97. The summed E-state index contributed by atoms with van der Waals surface area (Å²) in [5, 5.41) is 7.88. The first-order valence-corrected chi connectivity index (χ1v) is 12.3. The van der Waals surface area contributed by atoms with Crippen molar-refractivity contribution in [3.05, 3.63) is 54.1 Å². The van der Waals surface area contributed by atoms with Gasteiger partial charge < -0.3 is 16.0 Å². The smallest absolute Gasteiger partial charge is 0.319 e. The number of aryl methyl sites for hydroxylation is 1. The van der Waals surface area contributed by atoms with Gasteiger partial charge in [-0.2, -0.15) is 0 Å². The van der Waals surface area contributed by atoms with Crippen molar-refractivity contribution in [2.75, 3.05) is 23.1 Å². The number of hydrogen-bond donors (Lipinski definition) is 4. The second kappa shape index (κ2) is 12.7. The number of benzene rings is 2. The largest absolute Gasteiger partial charge is 0.355 e. The van der Waals surface area contributed by atoms with Crippen molar-refractivity contribution in [2.45, 2.75) is 50.8 Å². The van der Waals surface area contributed by atoms with Gasteiger partial charge in [0.1, 0.15) is 0 Å². The summed E-state index contributed by atoms with van der Waals surface area (Å²) < 4.78 is 27.4. The highest BCUT2D eigenvalue weighted by Crippen LogP contribution is 2.18. The van der Waals surface area contributed by atoms with Crippen LogP contribution in [0.4, 0.5) is 16.2 Å². The highest BCUT2D eigenvalue weighted by Gasteiger charge is 2.14. The summed E-state index contributed by atoms with van der Waals surface area (Å²) in [6, 6.07) is 12.3. The van der Waals surface area contributed by atoms with Gasteiger partial charge in [-0.1, -0.05) is 50.3 Å². The summed E-state index contributed by atoms with van der Waals surface area (Å²) in [6.45, 7) is 4.52. The molecule has 0 saturated carbocycles. The van der Waals surface area contributed by atoms with Crippen LogP contribution in [0, 0.1) is 6.92 Å². The van der Waals surface area contributed by atoms with E-state index in [0.29, 0.717) is 17.9 Å². The minimum atomic E-state index is -3.69. The Kier molecular flexibility index (Phi) is 10.0. The number of anilines is 2. The van der Waals surface area contributed by atoms with Crippen molar-refractivity contribution >= 4 is 33.3 Å². The molecule has 2 aromatic rings. The summed E-state index contributed by atoms with van der Waals surface area (Å²) in [5.41, 5.74) is 1.81. The van der Waals surface area contributed by atoms with Crippen LogP contribution < -0.4 is 20.7 Å². The summed E-state index contributed by atoms with van der Waals surface area (Å²) in [4.78, 5) is 23.9. The van der Waals surface area contributed by atoms with Gasteiger partial charge in [0.2, 0.25) is 5.91 Å². The average Bonchev–Trinajstić information content (AvgIpc) is 2.76. The van der Waals surface area contributed by atoms with E-state index in [2.05, 4.69) is 27.6 Å². The quantitative estimate of drug-likeness (QED) is 0.358. The first-order valence-electron chi connectivity index (χ1n) is 10.8. The van der Waals surface area contributed by atoms with E-state index in [9.17, 15) is 18.0 Å². The summed E-state index contributed by atoms with van der Waals surface area (Å²) in [5.74, 6) is -0.239. The predicted octanol–water partition coefficient (Wildman–Crippen LogP) is 4.00. The number of carbonyl (C=O) groups is 2. The third-order valence-electron chi connectivity index (χ3n) is 4.74. The van der Waals surface area contributed by atoms with Gasteiger partial charge >= 0.3 is 6.03 Å². The molecule has 32 heavy (non-hydrogen) atoms. The van der Waals surface area contributed by atoms with Crippen LogP contribution in [0.25, 0.3) is 0 Å². The molecule has 3 amide bonds. The Morgan fingerprint density at radius 2 is 1.44 bits per heavy atom. The third-order valence-corrected chi connectivity index (χ3v) is 6.14. The Labute approximate surface area is 190 Å². The Morgan fingerprint density at radius 3 is 2.09 bits per heavy atom. The van der Waals surface area contributed by atoms with Crippen LogP contribution in [0.5, 0.6) is 0 Å². The molecule has 0 bridgehead atoms. The maximum absolute atomic E-state index is 12.4. The van der Waals surface area contributed by atoms with Gasteiger partial charge in [-0.25, -0.2) is 13.2 Å². The van der Waals surface area contributed by atoms with E-state index in [4.69, 9.17) is 0 Å². The Morgan fingerprint density at radius 1 is 0.812 bits per heavy atom. The fraction of sp³-hybridized carbons (Fsp3) is 0.391. The van der Waals surface area contributed by atoms with E-state index >= 15 is 0 Å². The molecule has 0 aliphatic heterocycles. The molecule has 0 atom stereocenters. The van der Waals surface area contributed by atoms with Crippen LogP contribution in [0.2, 0.25) is 0 Å². The summed E-state index contributed by atoms with van der Waals surface area (Å²) in [7, 11) is -3.69. The monoisotopic (exact) mass is 460 g/mol. The SMILES string of the molecule is CCCCCCCNC(=O)CNC(=O)Nc1ccc(NS(=O)(=O)c2ccc(C)cc2)cc1. The first-order chi connectivity index (χ1) is 15.3. The molecule has 2 aromatic carbocycles. The van der Waals surface area contributed by atoms with Gasteiger partial charge in [0.15, 0.2) is 0 Å². The van der Waals surface area contributed by atoms with Gasteiger partial charge in [-0.3, -0.25) is 9.52 Å². The Balaban J connectivity index is 1.74. The lowest BCUT2D eigenvalue weighted by Crippen LogP contribution is -2.39. The van der Waals surface area contributed by atoms with Crippen LogP contribution in [0.15, 0.2) is 53.4 Å². The van der Waals surface area contributed by atoms with Crippen molar-refractivity contribution in [3.63, 3.8) is 0 Å². The maximum Gasteiger partial charge on any atom is 0.319 e. The lowest BCUT2D eigenvalue weighted by molar-refractivity contribution is -0.120. The molecule has 0 aliphatic rings. The molecule has 0 saturated heterocycles. The van der Waals surface area contributed by atoms with Gasteiger partial charge in [-0.05, 0) is 49.7 Å². The number of sulfonamides is 1. The molecule has 0 aromatic heterocycles. The zero-order valence-electron chi connectivity index (χ0n) is 18.6. The number of urea groups is 1. The van der Waals surface area contributed by atoms with Crippen LogP contribution in [-0.2, 0) is 14.8 Å². The van der Waals surface area contributed by atoms with Crippen molar-refractivity contribution in [1.29, 1.82) is 0 Å². The van der Waals surface area contributed by atoms with Crippen molar-refractivity contribution in [2.24, 2.45) is 0 Å².